The number of Topliss-reactive ketones (excluding diaryl/α,β-unsaturated/α-hetero) is 1. The van der Waals surface area contributed by atoms with Gasteiger partial charge in [0.2, 0.25) is 5.91 Å². The van der Waals surface area contributed by atoms with Crippen LogP contribution < -0.4 is 15.0 Å². The van der Waals surface area contributed by atoms with Crippen molar-refractivity contribution < 1.29 is 19.2 Å². The van der Waals surface area contributed by atoms with Gasteiger partial charge in [-0.3, -0.25) is 24.6 Å². The molecule has 0 fully saturated rings. The Balaban J connectivity index is 1.68. The van der Waals surface area contributed by atoms with E-state index in [1.54, 1.807) is 24.1 Å². The number of benzene rings is 3. The number of nitrogens with one attached hydrogen (secondary N) is 1. The van der Waals surface area contributed by atoms with E-state index in [0.717, 1.165) is 22.5 Å². The third kappa shape index (κ3) is 4.46. The number of carbonyl (C=O) groups excluding carboxylic acids is 2. The molecule has 3 aromatic rings. The monoisotopic (exact) mass is 497 g/mol. The standard InChI is InChI=1S/C29H27N3O5/c1-3-27(34)31-25-10-5-4-9-23(25)30-24-16-20(19-7-6-8-21(15-19)32(35)36)17-26(33)28(24)29(31)18-11-13-22(37-2)14-12-18/h4-15,20,29-30H,3,16-17H2,1-2H3/t20-,29-/m1/s1. The molecule has 8 nitrogen and oxygen atoms in total. The van der Waals surface area contributed by atoms with E-state index < -0.39 is 11.0 Å². The van der Waals surface area contributed by atoms with E-state index in [4.69, 9.17) is 4.74 Å². The Morgan fingerprint density at radius 1 is 1.05 bits per heavy atom. The number of hydrogen-bond acceptors (Lipinski definition) is 6. The molecule has 0 aromatic heterocycles. The number of hydrogen-bond donors (Lipinski definition) is 1. The Labute approximate surface area is 214 Å². The molecule has 37 heavy (non-hydrogen) atoms. The van der Waals surface area contributed by atoms with Crippen molar-refractivity contribution in [3.63, 3.8) is 0 Å². The molecule has 8 heteroatoms. The highest BCUT2D eigenvalue weighted by Gasteiger charge is 2.41. The maximum atomic E-state index is 13.9. The Hall–Kier alpha value is -4.46. The van der Waals surface area contributed by atoms with Crippen molar-refractivity contribution in [3.05, 3.63) is 105 Å². The van der Waals surface area contributed by atoms with Crippen molar-refractivity contribution in [3.8, 4) is 5.75 Å². The van der Waals surface area contributed by atoms with E-state index >= 15 is 0 Å². The van der Waals surface area contributed by atoms with Crippen LogP contribution in [-0.4, -0.2) is 23.7 Å². The van der Waals surface area contributed by atoms with Gasteiger partial charge in [0.15, 0.2) is 5.78 Å². The molecule has 1 N–H and O–H groups in total. The summed E-state index contributed by atoms with van der Waals surface area (Å²) >= 11 is 0. The summed E-state index contributed by atoms with van der Waals surface area (Å²) in [5.41, 5.74) is 4.26. The topological polar surface area (TPSA) is 102 Å². The molecule has 0 saturated heterocycles. The number of amides is 1. The van der Waals surface area contributed by atoms with Crippen molar-refractivity contribution >= 4 is 28.8 Å². The molecule has 0 saturated carbocycles. The number of nitro groups is 1. The Morgan fingerprint density at radius 2 is 1.81 bits per heavy atom. The van der Waals surface area contributed by atoms with Gasteiger partial charge in [0.25, 0.3) is 5.69 Å². The van der Waals surface area contributed by atoms with E-state index in [1.165, 1.54) is 6.07 Å². The summed E-state index contributed by atoms with van der Waals surface area (Å²) < 4.78 is 5.33. The lowest BCUT2D eigenvalue weighted by Gasteiger charge is -2.35. The van der Waals surface area contributed by atoms with Crippen LogP contribution in [0.25, 0.3) is 0 Å². The van der Waals surface area contributed by atoms with Crippen LogP contribution in [-0.2, 0) is 9.59 Å². The first-order chi connectivity index (χ1) is 17.9. The molecule has 1 aliphatic heterocycles. The number of nitro benzene ring substituents is 1. The van der Waals surface area contributed by atoms with Crippen molar-refractivity contribution in [2.75, 3.05) is 17.3 Å². The van der Waals surface area contributed by atoms with Crippen molar-refractivity contribution in [2.45, 2.75) is 38.1 Å². The Morgan fingerprint density at radius 3 is 2.51 bits per heavy atom. The predicted molar refractivity (Wildman–Crippen MR) is 141 cm³/mol. The van der Waals surface area contributed by atoms with Gasteiger partial charge in [0, 0.05) is 36.2 Å². The number of ether oxygens (including phenoxy) is 1. The van der Waals surface area contributed by atoms with Gasteiger partial charge in [-0.15, -0.1) is 0 Å². The molecule has 1 aliphatic carbocycles. The minimum atomic E-state index is -0.622. The van der Waals surface area contributed by atoms with Crippen LogP contribution in [0.3, 0.4) is 0 Å². The molecule has 5 rings (SSSR count). The average molecular weight is 498 g/mol. The van der Waals surface area contributed by atoms with Crippen LogP contribution in [0.4, 0.5) is 17.1 Å². The zero-order valence-electron chi connectivity index (χ0n) is 20.6. The van der Waals surface area contributed by atoms with Gasteiger partial charge in [0.1, 0.15) is 5.75 Å². The molecule has 188 valence electrons. The van der Waals surface area contributed by atoms with Gasteiger partial charge in [0.05, 0.1) is 29.4 Å². The lowest BCUT2D eigenvalue weighted by molar-refractivity contribution is -0.384. The van der Waals surface area contributed by atoms with Crippen LogP contribution >= 0.6 is 0 Å². The second-order valence-electron chi connectivity index (χ2n) is 9.21. The van der Waals surface area contributed by atoms with E-state index in [2.05, 4.69) is 5.32 Å². The second kappa shape index (κ2) is 9.89. The number of fused-ring (bicyclic) bond motifs is 1. The van der Waals surface area contributed by atoms with Crippen LogP contribution in [0.15, 0.2) is 84.1 Å². The first kappa shape index (κ1) is 24.2. The van der Waals surface area contributed by atoms with Gasteiger partial charge < -0.3 is 10.1 Å². The minimum absolute atomic E-state index is 0.000256. The number of nitrogens with zero attached hydrogens (tertiary/aromatic N) is 2. The number of non-ortho nitro benzene ring substituents is 1. The van der Waals surface area contributed by atoms with Crippen LogP contribution in [0.5, 0.6) is 5.75 Å². The van der Waals surface area contributed by atoms with Crippen LogP contribution in [0.1, 0.15) is 49.3 Å². The number of para-hydroxylation sites is 2. The molecule has 2 atom stereocenters. The smallest absolute Gasteiger partial charge is 0.269 e. The van der Waals surface area contributed by atoms with Gasteiger partial charge in [-0.1, -0.05) is 43.3 Å². The summed E-state index contributed by atoms with van der Waals surface area (Å²) in [5.74, 6) is 0.264. The highest BCUT2D eigenvalue weighted by Crippen LogP contribution is 2.47. The fourth-order valence-corrected chi connectivity index (χ4v) is 5.27. The molecule has 0 radical (unpaired) electrons. The number of methoxy groups -OCH3 is 1. The quantitative estimate of drug-likeness (QED) is 0.347. The molecule has 0 unspecified atom stereocenters. The number of carbonyl (C=O) groups is 2. The van der Waals surface area contributed by atoms with Crippen LogP contribution in [0, 0.1) is 10.1 Å². The first-order valence-corrected chi connectivity index (χ1v) is 12.2. The molecule has 3 aromatic carbocycles. The van der Waals surface area contributed by atoms with Crippen molar-refractivity contribution in [1.29, 1.82) is 0 Å². The third-order valence-corrected chi connectivity index (χ3v) is 7.04. The first-order valence-electron chi connectivity index (χ1n) is 12.2. The Kier molecular flexibility index (Phi) is 6.48. The van der Waals surface area contributed by atoms with E-state index in [9.17, 15) is 19.7 Å². The summed E-state index contributed by atoms with van der Waals surface area (Å²) in [6.45, 7) is 1.81. The highest BCUT2D eigenvalue weighted by atomic mass is 16.6. The Bertz CT molecular complexity index is 1410. The lowest BCUT2D eigenvalue weighted by atomic mass is 9.78. The molecule has 1 amide bonds. The number of anilines is 2. The maximum Gasteiger partial charge on any atom is 0.269 e. The summed E-state index contributed by atoms with van der Waals surface area (Å²) in [7, 11) is 1.59. The predicted octanol–water partition coefficient (Wildman–Crippen LogP) is 5.91. The van der Waals surface area contributed by atoms with Crippen LogP contribution in [0.2, 0.25) is 0 Å². The third-order valence-electron chi connectivity index (χ3n) is 7.04. The summed E-state index contributed by atoms with van der Waals surface area (Å²) in [4.78, 5) is 40.0. The SMILES string of the molecule is CCC(=O)N1c2ccccc2NC2=C(C(=O)C[C@H](c3cccc([N+](=O)[O-])c3)C2)[C@H]1c1ccc(OC)cc1. The summed E-state index contributed by atoms with van der Waals surface area (Å²) in [6.07, 6.45) is 0.949. The zero-order chi connectivity index (χ0) is 26.1. The van der Waals surface area contributed by atoms with Gasteiger partial charge in [-0.05, 0) is 47.7 Å². The number of rotatable bonds is 5. The summed E-state index contributed by atoms with van der Waals surface area (Å²) in [6, 6.07) is 20.8. The zero-order valence-corrected chi connectivity index (χ0v) is 20.6. The normalized spacial score (nSPS) is 18.9. The maximum absolute atomic E-state index is 13.9. The highest BCUT2D eigenvalue weighted by molar-refractivity contribution is 6.06. The van der Waals surface area contributed by atoms with Crippen molar-refractivity contribution in [1.82, 2.24) is 0 Å². The molecular weight excluding hydrogens is 470 g/mol. The molecular formula is C29H27N3O5. The molecule has 0 bridgehead atoms. The molecule has 1 heterocycles. The van der Waals surface area contributed by atoms with E-state index in [1.807, 2.05) is 61.5 Å². The molecule has 2 aliphatic rings. The van der Waals surface area contributed by atoms with Gasteiger partial charge in [-0.25, -0.2) is 0 Å². The fraction of sp³-hybridized carbons (Fsp3) is 0.241. The largest absolute Gasteiger partial charge is 0.497 e. The van der Waals surface area contributed by atoms with Crippen molar-refractivity contribution in [2.24, 2.45) is 0 Å². The minimum Gasteiger partial charge on any atom is -0.497 e. The van der Waals surface area contributed by atoms with Gasteiger partial charge in [-0.2, -0.15) is 0 Å². The van der Waals surface area contributed by atoms with E-state index in [-0.39, 0.29) is 36.1 Å². The van der Waals surface area contributed by atoms with E-state index in [0.29, 0.717) is 23.4 Å². The second-order valence-corrected chi connectivity index (χ2v) is 9.21. The molecule has 0 spiro atoms. The number of allylic oxidation sites excluding steroid dienone is 1. The summed E-state index contributed by atoms with van der Waals surface area (Å²) in [5, 5.41) is 14.8. The van der Waals surface area contributed by atoms with Gasteiger partial charge >= 0.3 is 0 Å². The number of ketones is 1. The fourth-order valence-electron chi connectivity index (χ4n) is 5.27. The average Bonchev–Trinajstić information content (AvgIpc) is 3.07. The lowest BCUT2D eigenvalue weighted by Crippen LogP contribution is -2.38.